The van der Waals surface area contributed by atoms with E-state index < -0.39 is 12.0 Å². The molecule has 1 aliphatic carbocycles. The van der Waals surface area contributed by atoms with Gasteiger partial charge in [0.2, 0.25) is 0 Å². The molecule has 1 saturated carbocycles. The van der Waals surface area contributed by atoms with E-state index in [1.54, 1.807) is 6.07 Å². The van der Waals surface area contributed by atoms with Crippen molar-refractivity contribution in [1.82, 2.24) is 15.0 Å². The average Bonchev–Trinajstić information content (AvgIpc) is 3.03. The fraction of sp³-hybridized carbons (Fsp3) is 0.500. The second kappa shape index (κ2) is 7.65. The number of nitrogens with zero attached hydrogens (tertiary/aromatic N) is 3. The minimum Gasteiger partial charge on any atom is -0.492 e. The molecule has 2 heterocycles. The first-order valence-electron chi connectivity index (χ1n) is 8.67. The van der Waals surface area contributed by atoms with Gasteiger partial charge in [-0.2, -0.15) is 0 Å². The number of aryl methyl sites for hydroxylation is 1. The average molecular weight is 380 g/mol. The van der Waals surface area contributed by atoms with Gasteiger partial charge in [0.25, 0.3) is 5.92 Å². The normalized spacial score (nSPS) is 19.2. The Bertz CT molecular complexity index is 793. The Morgan fingerprint density at radius 2 is 2.19 bits per heavy atom. The van der Waals surface area contributed by atoms with Gasteiger partial charge in [-0.1, -0.05) is 13.0 Å². The lowest BCUT2D eigenvalue weighted by Crippen LogP contribution is -2.42. The molecule has 0 saturated heterocycles. The summed E-state index contributed by atoms with van der Waals surface area (Å²) in [5, 5.41) is 5.43. The Morgan fingerprint density at radius 1 is 1.38 bits per heavy atom. The maximum absolute atomic E-state index is 14.2. The fourth-order valence-electron chi connectivity index (χ4n) is 2.92. The quantitative estimate of drug-likeness (QED) is 0.722. The van der Waals surface area contributed by atoms with Crippen LogP contribution < -0.4 is 5.32 Å². The Kier molecular flexibility index (Phi) is 5.50. The second-order valence-corrected chi connectivity index (χ2v) is 7.17. The molecule has 1 aliphatic rings. The molecule has 1 fully saturated rings. The molecule has 0 aliphatic heterocycles. The molecule has 3 rings (SSSR count). The number of hydrogen-bond donors (Lipinski definition) is 1. The molecule has 2 aromatic heterocycles. The van der Waals surface area contributed by atoms with Crippen molar-refractivity contribution in [2.45, 2.75) is 51.5 Å². The van der Waals surface area contributed by atoms with Crippen LogP contribution in [0.25, 0.3) is 16.6 Å². The predicted octanol–water partition coefficient (Wildman–Crippen LogP) is 4.91. The van der Waals surface area contributed by atoms with E-state index in [0.717, 1.165) is 12.1 Å². The van der Waals surface area contributed by atoms with E-state index in [0.29, 0.717) is 47.6 Å². The molecular weight excluding hydrogens is 358 g/mol. The predicted molar refractivity (Wildman–Crippen MR) is 99.4 cm³/mol. The number of anilines is 1. The number of alkyl halides is 2. The topological polar surface area (TPSA) is 59.9 Å². The summed E-state index contributed by atoms with van der Waals surface area (Å²) in [6, 6.07) is 0.664. The molecule has 26 heavy (non-hydrogen) atoms. The number of nitrogens with one attached hydrogen (secondary N) is 1. The van der Waals surface area contributed by atoms with Crippen LogP contribution in [0.4, 0.5) is 14.6 Å². The van der Waals surface area contributed by atoms with Gasteiger partial charge in [-0.15, -0.1) is 11.3 Å². The molecule has 5 nitrogen and oxygen atoms in total. The first-order valence-corrected chi connectivity index (χ1v) is 9.55. The zero-order valence-electron chi connectivity index (χ0n) is 14.9. The van der Waals surface area contributed by atoms with Crippen molar-refractivity contribution in [2.24, 2.45) is 0 Å². The Labute approximate surface area is 155 Å². The van der Waals surface area contributed by atoms with Crippen LogP contribution in [0.15, 0.2) is 18.0 Å². The molecule has 8 heteroatoms. The summed E-state index contributed by atoms with van der Waals surface area (Å²) >= 11 is 1.41. The van der Waals surface area contributed by atoms with E-state index >= 15 is 0 Å². The van der Waals surface area contributed by atoms with Crippen molar-refractivity contribution in [3.8, 4) is 10.8 Å². The smallest absolute Gasteiger partial charge is 0.267 e. The monoisotopic (exact) mass is 380 g/mol. The highest BCUT2D eigenvalue weighted by Gasteiger charge is 2.41. The van der Waals surface area contributed by atoms with Crippen molar-refractivity contribution in [2.75, 3.05) is 11.9 Å². The second-order valence-electron chi connectivity index (χ2n) is 6.32. The van der Waals surface area contributed by atoms with E-state index in [1.165, 1.54) is 11.3 Å². The van der Waals surface area contributed by atoms with Crippen molar-refractivity contribution in [3.05, 3.63) is 29.4 Å². The van der Waals surface area contributed by atoms with Crippen LogP contribution in [0.3, 0.4) is 0 Å². The lowest BCUT2D eigenvalue weighted by Gasteiger charge is -2.32. The standard InChI is InChI=1S/C18H22F2N4OS/c1-4-25-12(3)13-9-15(23-14-7-5-6-8-18(14,19)20)24-16(22-13)17-21-11(2)10-26-17/h9-10,14H,3-8H2,1-2H3,(H,22,23,24). The van der Waals surface area contributed by atoms with Crippen molar-refractivity contribution >= 4 is 22.9 Å². The van der Waals surface area contributed by atoms with Crippen LogP contribution in [0.1, 0.15) is 44.0 Å². The molecule has 1 atom stereocenters. The third-order valence-electron chi connectivity index (χ3n) is 4.23. The van der Waals surface area contributed by atoms with Crippen molar-refractivity contribution < 1.29 is 13.5 Å². The van der Waals surface area contributed by atoms with Gasteiger partial charge < -0.3 is 10.1 Å². The van der Waals surface area contributed by atoms with E-state index in [1.807, 2.05) is 19.2 Å². The van der Waals surface area contributed by atoms with E-state index in [9.17, 15) is 8.78 Å². The summed E-state index contributed by atoms with van der Waals surface area (Å²) in [6.45, 7) is 8.03. The van der Waals surface area contributed by atoms with Gasteiger partial charge in [0.15, 0.2) is 10.8 Å². The number of thiazole rings is 1. The van der Waals surface area contributed by atoms with Crippen LogP contribution in [0.5, 0.6) is 0 Å². The molecule has 0 aromatic carbocycles. The highest BCUT2D eigenvalue weighted by atomic mass is 32.1. The Morgan fingerprint density at radius 3 is 2.85 bits per heavy atom. The number of rotatable bonds is 6. The van der Waals surface area contributed by atoms with Crippen LogP contribution >= 0.6 is 11.3 Å². The molecule has 140 valence electrons. The van der Waals surface area contributed by atoms with Gasteiger partial charge in [0.05, 0.1) is 12.6 Å². The van der Waals surface area contributed by atoms with Gasteiger partial charge >= 0.3 is 0 Å². The summed E-state index contributed by atoms with van der Waals surface area (Å²) in [7, 11) is 0. The molecule has 2 aromatic rings. The highest BCUT2D eigenvalue weighted by Crippen LogP contribution is 2.35. The van der Waals surface area contributed by atoms with Gasteiger partial charge in [-0.05, 0) is 26.7 Å². The molecule has 0 bridgehead atoms. The highest BCUT2D eigenvalue weighted by molar-refractivity contribution is 7.13. The third-order valence-corrected chi connectivity index (χ3v) is 5.18. The Balaban J connectivity index is 1.95. The van der Waals surface area contributed by atoms with Crippen LogP contribution in [0, 0.1) is 6.92 Å². The number of ether oxygens (including phenoxy) is 1. The summed E-state index contributed by atoms with van der Waals surface area (Å²) in [5.41, 5.74) is 1.32. The van der Waals surface area contributed by atoms with Gasteiger partial charge in [0, 0.05) is 23.6 Å². The lowest BCUT2D eigenvalue weighted by atomic mass is 9.91. The molecule has 1 N–H and O–H groups in total. The first kappa shape index (κ1) is 18.7. The zero-order chi connectivity index (χ0) is 18.7. The lowest BCUT2D eigenvalue weighted by molar-refractivity contribution is -0.0449. The minimum absolute atomic E-state index is 0.104. The van der Waals surface area contributed by atoms with Crippen molar-refractivity contribution in [1.29, 1.82) is 0 Å². The van der Waals surface area contributed by atoms with Crippen LogP contribution in [-0.2, 0) is 4.74 Å². The maximum Gasteiger partial charge on any atom is 0.267 e. The number of hydrogen-bond acceptors (Lipinski definition) is 6. The third kappa shape index (κ3) is 4.17. The van der Waals surface area contributed by atoms with E-state index in [-0.39, 0.29) is 6.42 Å². The molecule has 0 amide bonds. The van der Waals surface area contributed by atoms with E-state index in [2.05, 4.69) is 26.8 Å². The van der Waals surface area contributed by atoms with Gasteiger partial charge in [-0.25, -0.2) is 23.7 Å². The number of aromatic nitrogens is 3. The van der Waals surface area contributed by atoms with Crippen molar-refractivity contribution in [3.63, 3.8) is 0 Å². The van der Waals surface area contributed by atoms with Crippen LogP contribution in [0.2, 0.25) is 0 Å². The zero-order valence-corrected chi connectivity index (χ0v) is 15.7. The minimum atomic E-state index is -2.75. The van der Waals surface area contributed by atoms with Gasteiger partial charge in [0.1, 0.15) is 17.3 Å². The summed E-state index contributed by atoms with van der Waals surface area (Å²) in [4.78, 5) is 13.3. The molecule has 0 radical (unpaired) electrons. The van der Waals surface area contributed by atoms with Crippen LogP contribution in [-0.4, -0.2) is 33.5 Å². The maximum atomic E-state index is 14.2. The summed E-state index contributed by atoms with van der Waals surface area (Å²) < 4.78 is 33.8. The number of halogens is 2. The molecule has 1 unspecified atom stereocenters. The SMILES string of the molecule is C=C(OCC)c1cc(NC2CCCCC2(F)F)nc(-c2nc(C)cs2)n1. The first-order chi connectivity index (χ1) is 12.4. The largest absolute Gasteiger partial charge is 0.492 e. The molecule has 0 spiro atoms. The Hall–Kier alpha value is -2.09. The summed E-state index contributed by atoms with van der Waals surface area (Å²) in [5.74, 6) is -1.66. The fourth-order valence-corrected chi connectivity index (χ4v) is 3.64. The van der Waals surface area contributed by atoms with E-state index in [4.69, 9.17) is 4.74 Å². The molecular formula is C18H22F2N4OS. The summed E-state index contributed by atoms with van der Waals surface area (Å²) in [6.07, 6.45) is 1.62. The van der Waals surface area contributed by atoms with Gasteiger partial charge in [-0.3, -0.25) is 0 Å².